The monoisotopic (exact) mass is 456 g/mol. The molecule has 2 aromatic carbocycles. The van der Waals surface area contributed by atoms with E-state index in [0.717, 1.165) is 11.1 Å². The molecule has 8 heteroatoms. The van der Waals surface area contributed by atoms with E-state index in [9.17, 15) is 23.9 Å². The van der Waals surface area contributed by atoms with Crippen molar-refractivity contribution in [3.05, 3.63) is 69.5 Å². The van der Waals surface area contributed by atoms with E-state index in [2.05, 4.69) is 5.32 Å². The molecule has 0 unspecified atom stereocenters. The number of hydrogen-bond acceptors (Lipinski definition) is 4. The molecule has 1 aliphatic carbocycles. The van der Waals surface area contributed by atoms with Crippen molar-refractivity contribution in [2.75, 3.05) is 18.5 Å². The number of aliphatic hydroxyl groups is 1. The minimum atomic E-state index is -2.11. The zero-order valence-electron chi connectivity index (χ0n) is 17.5. The fourth-order valence-corrected chi connectivity index (χ4v) is 4.47. The maximum absolute atomic E-state index is 13.5. The number of likely N-dealkylation sites (N-methyl/N-ethyl adjacent to an activating group) is 1. The van der Waals surface area contributed by atoms with Gasteiger partial charge in [-0.2, -0.15) is 0 Å². The average Bonchev–Trinajstić information content (AvgIpc) is 3.32. The number of benzene rings is 2. The lowest BCUT2D eigenvalue weighted by Gasteiger charge is -2.22. The number of rotatable bonds is 6. The normalized spacial score (nSPS) is 19.7. The molecule has 1 aliphatic heterocycles. The number of anilines is 1. The predicted molar refractivity (Wildman–Crippen MR) is 119 cm³/mol. The molecule has 32 heavy (non-hydrogen) atoms. The fourth-order valence-electron chi connectivity index (χ4n) is 4.23. The molecule has 2 aliphatic rings. The van der Waals surface area contributed by atoms with Gasteiger partial charge in [0, 0.05) is 49.1 Å². The van der Waals surface area contributed by atoms with Gasteiger partial charge in [0.05, 0.1) is 0 Å². The summed E-state index contributed by atoms with van der Waals surface area (Å²) in [5.41, 5.74) is 1.41. The molecule has 0 bridgehead atoms. The highest BCUT2D eigenvalue weighted by Crippen LogP contribution is 2.34. The Kier molecular flexibility index (Phi) is 5.88. The number of carbonyl (C=O) groups excluding carboxylic acids is 3. The molecule has 0 aromatic heterocycles. The van der Waals surface area contributed by atoms with Crippen LogP contribution in [-0.2, 0) is 27.2 Å². The summed E-state index contributed by atoms with van der Waals surface area (Å²) < 4.78 is 13.5. The molecule has 2 aromatic rings. The summed E-state index contributed by atoms with van der Waals surface area (Å²) in [7, 11) is 1.57. The van der Waals surface area contributed by atoms with Gasteiger partial charge in [-0.3, -0.25) is 14.4 Å². The summed E-state index contributed by atoms with van der Waals surface area (Å²) in [6.07, 6.45) is 2.32. The second-order valence-corrected chi connectivity index (χ2v) is 8.51. The van der Waals surface area contributed by atoms with Gasteiger partial charge in [-0.25, -0.2) is 4.39 Å². The van der Waals surface area contributed by atoms with E-state index < -0.39 is 23.1 Å². The van der Waals surface area contributed by atoms with Crippen molar-refractivity contribution < 1.29 is 23.9 Å². The highest BCUT2D eigenvalue weighted by molar-refractivity contribution is 6.30. The van der Waals surface area contributed by atoms with Crippen LogP contribution in [0.15, 0.2) is 42.0 Å². The lowest BCUT2D eigenvalue weighted by molar-refractivity contribution is -0.147. The van der Waals surface area contributed by atoms with E-state index in [4.69, 9.17) is 11.6 Å². The van der Waals surface area contributed by atoms with E-state index in [1.54, 1.807) is 31.3 Å². The zero-order valence-corrected chi connectivity index (χ0v) is 18.2. The molecule has 1 heterocycles. The molecule has 4 rings (SSSR count). The summed E-state index contributed by atoms with van der Waals surface area (Å²) in [5, 5.41) is 13.7. The zero-order chi connectivity index (χ0) is 23.0. The second-order valence-electron chi connectivity index (χ2n) is 8.08. The number of nitrogens with zero attached hydrogens (tertiary/aromatic N) is 1. The molecule has 0 spiro atoms. The van der Waals surface area contributed by atoms with Gasteiger partial charge in [0.2, 0.25) is 11.5 Å². The first-order chi connectivity index (χ1) is 15.2. The van der Waals surface area contributed by atoms with E-state index in [0.29, 0.717) is 23.2 Å². The summed E-state index contributed by atoms with van der Waals surface area (Å²) in [5.74, 6) is -1.94. The molecule has 166 valence electrons. The largest absolute Gasteiger partial charge is 0.373 e. The number of hydrogen-bond donors (Lipinski definition) is 2. The van der Waals surface area contributed by atoms with E-state index in [1.165, 1.54) is 17.0 Å². The molecule has 6 nitrogen and oxygen atoms in total. The van der Waals surface area contributed by atoms with Crippen LogP contribution >= 0.6 is 11.6 Å². The standard InChI is InChI=1S/C24H22ClFN2O4/c1-27-22(30)17-10-15-3-4-20(12-16(15)11-17)28-7-6-24(32,23(28)31)21(29)5-2-14-8-18(25)13-19(26)9-14/h3-4,8-9,11-13,32H,2,5-7,10H2,1H3,(H,27,30)/t24-/m0/s1. The Morgan fingerprint density at radius 3 is 2.75 bits per heavy atom. The number of nitrogens with one attached hydrogen (secondary N) is 1. The summed E-state index contributed by atoms with van der Waals surface area (Å²) in [4.78, 5) is 39.0. The molecule has 2 amide bonds. The Balaban J connectivity index is 1.48. The van der Waals surface area contributed by atoms with Crippen LogP contribution in [0.5, 0.6) is 0 Å². The molecule has 2 N–H and O–H groups in total. The summed E-state index contributed by atoms with van der Waals surface area (Å²) in [6.45, 7) is 0.192. The van der Waals surface area contributed by atoms with Crippen LogP contribution in [0, 0.1) is 5.82 Å². The van der Waals surface area contributed by atoms with Gasteiger partial charge in [-0.05, 0) is 59.5 Å². The number of aryl methyl sites for hydroxylation is 1. The lowest BCUT2D eigenvalue weighted by Crippen LogP contribution is -2.47. The first-order valence-corrected chi connectivity index (χ1v) is 10.7. The Bertz CT molecular complexity index is 1140. The number of carbonyl (C=O) groups is 3. The maximum atomic E-state index is 13.5. The van der Waals surface area contributed by atoms with Crippen LogP contribution < -0.4 is 10.2 Å². The second kappa shape index (κ2) is 8.48. The van der Waals surface area contributed by atoms with Crippen molar-refractivity contribution >= 4 is 41.0 Å². The topological polar surface area (TPSA) is 86.7 Å². The van der Waals surface area contributed by atoms with Gasteiger partial charge in [-0.15, -0.1) is 0 Å². The maximum Gasteiger partial charge on any atom is 0.266 e. The van der Waals surface area contributed by atoms with Crippen LogP contribution in [0.1, 0.15) is 29.5 Å². The predicted octanol–water partition coefficient (Wildman–Crippen LogP) is 2.83. The highest BCUT2D eigenvalue weighted by Gasteiger charge is 2.50. The Morgan fingerprint density at radius 1 is 1.25 bits per heavy atom. The smallest absolute Gasteiger partial charge is 0.266 e. The number of Topliss-reactive ketones (excluding diaryl/α,β-unsaturated/α-hetero) is 1. The Labute approximate surface area is 189 Å². The van der Waals surface area contributed by atoms with E-state index in [-0.39, 0.29) is 36.7 Å². The molecular formula is C24H22ClFN2O4. The molecule has 0 radical (unpaired) electrons. The first kappa shape index (κ1) is 22.2. The fraction of sp³-hybridized carbons (Fsp3) is 0.292. The average molecular weight is 457 g/mol. The first-order valence-electron chi connectivity index (χ1n) is 10.3. The van der Waals surface area contributed by atoms with Crippen LogP contribution in [-0.4, -0.2) is 41.9 Å². The minimum Gasteiger partial charge on any atom is -0.373 e. The Morgan fingerprint density at radius 2 is 2.03 bits per heavy atom. The van der Waals surface area contributed by atoms with E-state index in [1.807, 2.05) is 6.07 Å². The molecule has 1 saturated heterocycles. The SMILES string of the molecule is CNC(=O)C1=Cc2cc(N3CC[C@](O)(C(=O)CCc4cc(F)cc(Cl)c4)C3=O)ccc2C1. The number of fused-ring (bicyclic) bond motifs is 1. The third-order valence-electron chi connectivity index (χ3n) is 5.99. The van der Waals surface area contributed by atoms with Crippen LogP contribution in [0.3, 0.4) is 0 Å². The van der Waals surface area contributed by atoms with Crippen LogP contribution in [0.4, 0.5) is 10.1 Å². The number of halogens is 2. The van der Waals surface area contributed by atoms with Crippen LogP contribution in [0.25, 0.3) is 6.08 Å². The number of amides is 2. The van der Waals surface area contributed by atoms with Crippen LogP contribution in [0.2, 0.25) is 5.02 Å². The Hall–Kier alpha value is -3.03. The van der Waals surface area contributed by atoms with Crippen molar-refractivity contribution in [3.8, 4) is 0 Å². The molecule has 1 atom stereocenters. The van der Waals surface area contributed by atoms with Gasteiger partial charge < -0.3 is 15.3 Å². The van der Waals surface area contributed by atoms with Gasteiger partial charge in [0.1, 0.15) is 5.82 Å². The van der Waals surface area contributed by atoms with Gasteiger partial charge in [0.25, 0.3) is 5.91 Å². The number of ketones is 1. The van der Waals surface area contributed by atoms with Crippen molar-refractivity contribution in [1.29, 1.82) is 0 Å². The molecular weight excluding hydrogens is 435 g/mol. The minimum absolute atomic E-state index is 0.0228. The third-order valence-corrected chi connectivity index (χ3v) is 6.21. The van der Waals surface area contributed by atoms with Crippen molar-refractivity contribution in [2.24, 2.45) is 0 Å². The van der Waals surface area contributed by atoms with E-state index >= 15 is 0 Å². The lowest BCUT2D eigenvalue weighted by atomic mass is 9.92. The third kappa shape index (κ3) is 4.06. The summed E-state index contributed by atoms with van der Waals surface area (Å²) in [6, 6.07) is 9.38. The van der Waals surface area contributed by atoms with Gasteiger partial charge >= 0.3 is 0 Å². The van der Waals surface area contributed by atoms with Crippen molar-refractivity contribution in [1.82, 2.24) is 5.32 Å². The molecule has 1 fully saturated rings. The van der Waals surface area contributed by atoms with Crippen molar-refractivity contribution in [3.63, 3.8) is 0 Å². The molecule has 0 saturated carbocycles. The van der Waals surface area contributed by atoms with Gasteiger partial charge in [0.15, 0.2) is 5.78 Å². The highest BCUT2D eigenvalue weighted by atomic mass is 35.5. The quantitative estimate of drug-likeness (QED) is 0.654. The summed E-state index contributed by atoms with van der Waals surface area (Å²) >= 11 is 5.84. The van der Waals surface area contributed by atoms with Gasteiger partial charge in [-0.1, -0.05) is 17.7 Å². The van der Waals surface area contributed by atoms with Crippen molar-refractivity contribution in [2.45, 2.75) is 31.3 Å².